The molecule has 6 unspecified atom stereocenters. The van der Waals surface area contributed by atoms with Crippen LogP contribution in [0.15, 0.2) is 23.4 Å². The first-order chi connectivity index (χ1) is 16.2. The van der Waals surface area contributed by atoms with E-state index >= 15 is 0 Å². The molecule has 0 radical (unpaired) electrons. The summed E-state index contributed by atoms with van der Waals surface area (Å²) < 4.78 is 26.9. The second-order valence-electron chi connectivity index (χ2n) is 9.37. The molecule has 34 heavy (non-hydrogen) atoms. The summed E-state index contributed by atoms with van der Waals surface area (Å²) in [5, 5.41) is 35.2. The molecule has 1 aromatic heterocycles. The third-order valence-electron chi connectivity index (χ3n) is 6.76. The second-order valence-corrected chi connectivity index (χ2v) is 10.4. The molecule has 9 nitrogen and oxygen atoms in total. The molecule has 1 aromatic carbocycles. The predicted molar refractivity (Wildman–Crippen MR) is 124 cm³/mol. The van der Waals surface area contributed by atoms with Gasteiger partial charge in [0, 0.05) is 24.1 Å². The molecule has 1 heterocycles. The lowest BCUT2D eigenvalue weighted by atomic mass is 10.1. The quantitative estimate of drug-likeness (QED) is 0.137. The lowest BCUT2D eigenvalue weighted by Crippen LogP contribution is -2.48. The number of thioether (sulfide) groups is 1. The van der Waals surface area contributed by atoms with Crippen molar-refractivity contribution in [2.45, 2.75) is 67.2 Å². The number of nitrogens with one attached hydrogen (secondary N) is 1. The van der Waals surface area contributed by atoms with Crippen LogP contribution >= 0.6 is 11.8 Å². The van der Waals surface area contributed by atoms with Gasteiger partial charge in [0.05, 0.1) is 12.1 Å². The Labute approximate surface area is 199 Å². The number of aliphatic hydroxyl groups excluding tert-OH is 3. The van der Waals surface area contributed by atoms with Gasteiger partial charge < -0.3 is 26.4 Å². The SMILES string of the molecule is Nc1c(NC2CC2c2ccc(F)c(F)c2)nc(SCC2CC2)nc1N(N)C1CC(O)C(O)C1O. The maximum absolute atomic E-state index is 13.7. The zero-order valence-electron chi connectivity index (χ0n) is 18.3. The third kappa shape index (κ3) is 4.65. The van der Waals surface area contributed by atoms with Gasteiger partial charge in [-0.3, -0.25) is 5.01 Å². The van der Waals surface area contributed by atoms with Crippen LogP contribution in [0.5, 0.6) is 0 Å². The molecule has 12 heteroatoms. The number of halogens is 2. The Kier molecular flexibility index (Phi) is 6.27. The van der Waals surface area contributed by atoms with Crippen molar-refractivity contribution in [3.05, 3.63) is 35.4 Å². The average molecular weight is 495 g/mol. The topological polar surface area (TPSA) is 154 Å². The molecule has 3 aliphatic rings. The van der Waals surface area contributed by atoms with E-state index in [4.69, 9.17) is 11.6 Å². The summed E-state index contributed by atoms with van der Waals surface area (Å²) in [4.78, 5) is 9.08. The number of nitrogen functional groups attached to an aromatic ring is 1. The van der Waals surface area contributed by atoms with Crippen molar-refractivity contribution in [2.24, 2.45) is 11.8 Å². The Morgan fingerprint density at radius 1 is 1.09 bits per heavy atom. The van der Waals surface area contributed by atoms with Gasteiger partial charge in [-0.1, -0.05) is 17.8 Å². The lowest BCUT2D eigenvalue weighted by Gasteiger charge is -2.29. The zero-order chi connectivity index (χ0) is 24.1. The molecular formula is C22H28F2N6O3S. The van der Waals surface area contributed by atoms with Crippen LogP contribution in [0.3, 0.4) is 0 Å². The van der Waals surface area contributed by atoms with Gasteiger partial charge in [0.25, 0.3) is 0 Å². The van der Waals surface area contributed by atoms with Gasteiger partial charge in [0.2, 0.25) is 0 Å². The molecular weight excluding hydrogens is 466 g/mol. The maximum atomic E-state index is 13.7. The highest BCUT2D eigenvalue weighted by molar-refractivity contribution is 7.99. The first-order valence-corrected chi connectivity index (χ1v) is 12.3. The Morgan fingerprint density at radius 3 is 2.50 bits per heavy atom. The van der Waals surface area contributed by atoms with Crippen LogP contribution < -0.4 is 21.9 Å². The van der Waals surface area contributed by atoms with Crippen molar-refractivity contribution < 1.29 is 24.1 Å². The van der Waals surface area contributed by atoms with Crippen molar-refractivity contribution in [3.8, 4) is 0 Å². The minimum atomic E-state index is -1.32. The molecule has 0 saturated heterocycles. The minimum absolute atomic E-state index is 0.0218. The van der Waals surface area contributed by atoms with Crippen LogP contribution in [-0.2, 0) is 0 Å². The van der Waals surface area contributed by atoms with Crippen LogP contribution in [0.25, 0.3) is 0 Å². The van der Waals surface area contributed by atoms with Gasteiger partial charge in [-0.25, -0.2) is 24.6 Å². The van der Waals surface area contributed by atoms with E-state index in [1.807, 2.05) is 0 Å². The van der Waals surface area contributed by atoms with Crippen molar-refractivity contribution in [1.29, 1.82) is 0 Å². The number of rotatable bonds is 8. The number of hydrazine groups is 1. The predicted octanol–water partition coefficient (Wildman–Crippen LogP) is 1.34. The van der Waals surface area contributed by atoms with Crippen LogP contribution in [-0.4, -0.2) is 61.4 Å². The van der Waals surface area contributed by atoms with Gasteiger partial charge in [-0.15, -0.1) is 0 Å². The first-order valence-electron chi connectivity index (χ1n) is 11.3. The van der Waals surface area contributed by atoms with E-state index in [1.165, 1.54) is 35.7 Å². The van der Waals surface area contributed by atoms with E-state index in [9.17, 15) is 24.1 Å². The summed E-state index contributed by atoms with van der Waals surface area (Å²) in [6.07, 6.45) is -0.607. The molecule has 0 amide bonds. The fourth-order valence-electron chi connectivity index (χ4n) is 4.34. The van der Waals surface area contributed by atoms with E-state index in [-0.39, 0.29) is 29.9 Å². The van der Waals surface area contributed by atoms with E-state index in [2.05, 4.69) is 15.3 Å². The van der Waals surface area contributed by atoms with Crippen LogP contribution in [0.2, 0.25) is 0 Å². The number of nitrogens with zero attached hydrogens (tertiary/aromatic N) is 3. The molecule has 8 N–H and O–H groups in total. The number of nitrogens with two attached hydrogens (primary N) is 2. The van der Waals surface area contributed by atoms with Gasteiger partial charge in [0.1, 0.15) is 17.9 Å². The molecule has 2 aromatic rings. The minimum Gasteiger partial charge on any atom is -0.393 e. The first kappa shape index (κ1) is 23.5. The summed E-state index contributed by atoms with van der Waals surface area (Å²) >= 11 is 1.49. The molecule has 3 aliphatic carbocycles. The van der Waals surface area contributed by atoms with Crippen LogP contribution in [0, 0.1) is 17.6 Å². The standard InChI is InChI=1S/C22H28F2N6O3S/c23-12-4-3-10(5-13(12)24)11-6-14(11)27-20-17(25)21(29-22(28-20)34-8-9-1-2-9)30(26)15-7-16(31)19(33)18(15)32/h3-5,9,11,14-16,18-19,31-33H,1-2,6-8,25-26H2,(H,27,28,29). The smallest absolute Gasteiger partial charge is 0.191 e. The average Bonchev–Trinajstić information content (AvgIpc) is 3.73. The van der Waals surface area contributed by atoms with Gasteiger partial charge in [0.15, 0.2) is 28.4 Å². The number of hydrogen-bond acceptors (Lipinski definition) is 10. The Bertz CT molecular complexity index is 1080. The summed E-state index contributed by atoms with van der Waals surface area (Å²) in [5.41, 5.74) is 7.22. The highest BCUT2D eigenvalue weighted by Crippen LogP contribution is 2.45. The Morgan fingerprint density at radius 2 is 1.85 bits per heavy atom. The second kappa shape index (κ2) is 9.08. The van der Waals surface area contributed by atoms with Crippen LogP contribution in [0.4, 0.5) is 26.1 Å². The molecule has 0 spiro atoms. The monoisotopic (exact) mass is 494 g/mol. The summed E-state index contributed by atoms with van der Waals surface area (Å²) in [5.74, 6) is 6.53. The normalized spacial score (nSPS) is 30.4. The van der Waals surface area contributed by atoms with E-state index in [1.54, 1.807) is 6.07 Å². The Hall–Kier alpha value is -2.25. The van der Waals surface area contributed by atoms with Crippen LogP contribution in [0.1, 0.15) is 37.2 Å². The summed E-state index contributed by atoms with van der Waals surface area (Å²) in [6, 6.07) is 3.02. The number of aliphatic hydroxyl groups is 3. The van der Waals surface area contributed by atoms with E-state index < -0.39 is 36.0 Å². The highest BCUT2D eigenvalue weighted by Gasteiger charge is 2.44. The molecule has 3 saturated carbocycles. The largest absolute Gasteiger partial charge is 0.393 e. The Balaban J connectivity index is 1.38. The molecule has 6 atom stereocenters. The fourth-order valence-corrected chi connectivity index (χ4v) is 5.37. The van der Waals surface area contributed by atoms with Crippen molar-refractivity contribution in [1.82, 2.24) is 9.97 Å². The summed E-state index contributed by atoms with van der Waals surface area (Å²) in [6.45, 7) is 0. The molecule has 184 valence electrons. The zero-order valence-corrected chi connectivity index (χ0v) is 19.1. The number of aromatic nitrogens is 2. The highest BCUT2D eigenvalue weighted by atomic mass is 32.2. The molecule has 3 fully saturated rings. The maximum Gasteiger partial charge on any atom is 0.191 e. The molecule has 0 aliphatic heterocycles. The third-order valence-corrected chi connectivity index (χ3v) is 7.84. The summed E-state index contributed by atoms with van der Waals surface area (Å²) in [7, 11) is 0. The fraction of sp³-hybridized carbons (Fsp3) is 0.545. The lowest BCUT2D eigenvalue weighted by molar-refractivity contribution is -0.0209. The van der Waals surface area contributed by atoms with Gasteiger partial charge in [-0.05, 0) is 42.9 Å². The van der Waals surface area contributed by atoms with Crippen molar-refractivity contribution in [2.75, 3.05) is 21.8 Å². The molecule has 0 bridgehead atoms. The van der Waals surface area contributed by atoms with Crippen molar-refractivity contribution >= 4 is 29.1 Å². The van der Waals surface area contributed by atoms with Gasteiger partial charge in [-0.2, -0.15) is 0 Å². The number of benzene rings is 1. The number of hydrogen-bond donors (Lipinski definition) is 6. The number of anilines is 3. The molecule has 5 rings (SSSR count). The van der Waals surface area contributed by atoms with E-state index in [0.717, 1.165) is 11.8 Å². The van der Waals surface area contributed by atoms with Gasteiger partial charge >= 0.3 is 0 Å². The van der Waals surface area contributed by atoms with Crippen molar-refractivity contribution in [3.63, 3.8) is 0 Å². The van der Waals surface area contributed by atoms with E-state index in [0.29, 0.717) is 28.9 Å².